The number of benzene rings is 1. The highest BCUT2D eigenvalue weighted by Gasteiger charge is 2.61. The Kier molecular flexibility index (Phi) is 4.90. The Morgan fingerprint density at radius 3 is 2.00 bits per heavy atom. The van der Waals surface area contributed by atoms with E-state index in [2.05, 4.69) is 0 Å². The lowest BCUT2D eigenvalue weighted by Crippen LogP contribution is -2.45. The van der Waals surface area contributed by atoms with Crippen LogP contribution in [-0.2, 0) is 0 Å². The predicted octanol–water partition coefficient (Wildman–Crippen LogP) is 3.15. The van der Waals surface area contributed by atoms with Crippen molar-refractivity contribution in [2.75, 3.05) is 0 Å². The van der Waals surface area contributed by atoms with Gasteiger partial charge in [0.2, 0.25) is 0 Å². The number of rotatable bonds is 2. The summed E-state index contributed by atoms with van der Waals surface area (Å²) in [7, 11) is 0. The van der Waals surface area contributed by atoms with Gasteiger partial charge in [-0.2, -0.15) is 22.0 Å². The second-order valence-corrected chi connectivity index (χ2v) is 3.31. The second kappa shape index (κ2) is 5.23. The summed E-state index contributed by atoms with van der Waals surface area (Å²) in [5.41, 5.74) is 4.00. The summed E-state index contributed by atoms with van der Waals surface area (Å²) >= 11 is 0. The van der Waals surface area contributed by atoms with Gasteiger partial charge < -0.3 is 10.8 Å². The molecule has 0 radical (unpaired) electrons. The van der Waals surface area contributed by atoms with Gasteiger partial charge in [-0.15, -0.1) is 12.4 Å². The molecule has 3 N–H and O–H groups in total. The lowest BCUT2D eigenvalue weighted by molar-refractivity contribution is -0.291. The van der Waals surface area contributed by atoms with E-state index in [-0.39, 0.29) is 12.4 Å². The molecule has 0 saturated carbocycles. The molecular weight excluding hydrogens is 288 g/mol. The Balaban J connectivity index is 0.00000289. The first-order chi connectivity index (χ1) is 7.57. The van der Waals surface area contributed by atoms with Crippen LogP contribution in [0.15, 0.2) is 18.2 Å². The van der Waals surface area contributed by atoms with Crippen molar-refractivity contribution >= 4 is 12.4 Å². The summed E-state index contributed by atoms with van der Waals surface area (Å²) in [5, 5.41) is 8.76. The van der Waals surface area contributed by atoms with E-state index >= 15 is 0 Å². The second-order valence-electron chi connectivity index (χ2n) is 3.31. The lowest BCUT2D eigenvalue weighted by Gasteiger charge is -2.25. The molecule has 0 unspecified atom stereocenters. The van der Waals surface area contributed by atoms with Crippen molar-refractivity contribution in [2.45, 2.75) is 18.1 Å². The number of aromatic hydroxyl groups is 1. The van der Waals surface area contributed by atoms with E-state index in [1.165, 1.54) is 0 Å². The van der Waals surface area contributed by atoms with Gasteiger partial charge in [0.1, 0.15) is 6.04 Å². The molecule has 0 aliphatic carbocycles. The van der Waals surface area contributed by atoms with Gasteiger partial charge in [0, 0.05) is 0 Å². The van der Waals surface area contributed by atoms with Gasteiger partial charge in [-0.05, 0) is 17.7 Å². The Hall–Kier alpha value is -1.15. The van der Waals surface area contributed by atoms with Crippen molar-refractivity contribution < 1.29 is 31.4 Å². The molecule has 0 aliphatic heterocycles. The highest BCUT2D eigenvalue weighted by atomic mass is 35.5. The zero-order chi connectivity index (χ0) is 13.4. The topological polar surface area (TPSA) is 46.2 Å². The van der Waals surface area contributed by atoms with Gasteiger partial charge in [-0.1, -0.05) is 6.07 Å². The van der Waals surface area contributed by atoms with Crippen LogP contribution in [0.5, 0.6) is 5.75 Å². The molecule has 104 valence electrons. The summed E-state index contributed by atoms with van der Waals surface area (Å²) in [6.45, 7) is 0. The molecule has 9 heteroatoms. The fraction of sp³-hybridized carbons (Fsp3) is 0.333. The van der Waals surface area contributed by atoms with Crippen molar-refractivity contribution in [1.29, 1.82) is 0 Å². The van der Waals surface area contributed by atoms with Crippen LogP contribution in [-0.4, -0.2) is 17.2 Å². The fourth-order valence-corrected chi connectivity index (χ4v) is 1.10. The maximum Gasteiger partial charge on any atom is 0.455 e. The minimum absolute atomic E-state index is 0. The highest BCUT2D eigenvalue weighted by Crippen LogP contribution is 2.43. The smallest absolute Gasteiger partial charge is 0.455 e. The van der Waals surface area contributed by atoms with Crippen LogP contribution in [0.1, 0.15) is 11.6 Å². The van der Waals surface area contributed by atoms with Crippen molar-refractivity contribution in [3.05, 3.63) is 29.6 Å². The van der Waals surface area contributed by atoms with Crippen molar-refractivity contribution in [3.8, 4) is 5.75 Å². The third-order valence-electron chi connectivity index (χ3n) is 2.10. The molecular formula is C9H8ClF6NO. The summed E-state index contributed by atoms with van der Waals surface area (Å²) in [6, 6.07) is -1.06. The zero-order valence-electron chi connectivity index (χ0n) is 8.51. The Morgan fingerprint density at radius 2 is 1.61 bits per heavy atom. The van der Waals surface area contributed by atoms with Gasteiger partial charge in [0.25, 0.3) is 0 Å². The van der Waals surface area contributed by atoms with Crippen LogP contribution in [0.4, 0.5) is 26.3 Å². The van der Waals surface area contributed by atoms with E-state index < -0.39 is 35.3 Å². The molecule has 1 atom stereocenters. The number of phenolic OH excluding ortho intramolecular Hbond substituents is 1. The Bertz CT molecular complexity index is 422. The minimum Gasteiger partial charge on any atom is -0.505 e. The molecule has 0 aromatic heterocycles. The van der Waals surface area contributed by atoms with Crippen LogP contribution in [0.3, 0.4) is 0 Å². The van der Waals surface area contributed by atoms with Crippen LogP contribution >= 0.6 is 12.4 Å². The number of hydrogen-bond acceptors (Lipinski definition) is 2. The molecule has 0 fully saturated rings. The van der Waals surface area contributed by atoms with Gasteiger partial charge >= 0.3 is 12.1 Å². The van der Waals surface area contributed by atoms with Gasteiger partial charge in [-0.3, -0.25) is 0 Å². The lowest BCUT2D eigenvalue weighted by atomic mass is 10.0. The standard InChI is InChI=1S/C9H7F6NO.ClH/c10-5-3-4(1-2-6(5)17)7(16)8(11,12)9(13,14)15;/h1-3,7,17H,16H2;1H/t7-;/m0./s1. The number of nitrogens with two attached hydrogens (primary N) is 1. The zero-order valence-corrected chi connectivity index (χ0v) is 9.33. The number of halogens is 7. The quantitative estimate of drug-likeness (QED) is 0.823. The van der Waals surface area contributed by atoms with Crippen LogP contribution in [0.25, 0.3) is 0 Å². The molecule has 18 heavy (non-hydrogen) atoms. The largest absolute Gasteiger partial charge is 0.505 e. The fourth-order valence-electron chi connectivity index (χ4n) is 1.10. The summed E-state index contributed by atoms with van der Waals surface area (Å²) in [6.07, 6.45) is -5.83. The molecule has 2 nitrogen and oxygen atoms in total. The van der Waals surface area contributed by atoms with Gasteiger partial charge in [0.05, 0.1) is 0 Å². The number of hydrogen-bond donors (Lipinski definition) is 2. The first-order valence-electron chi connectivity index (χ1n) is 4.26. The maximum atomic E-state index is 12.8. The van der Waals surface area contributed by atoms with E-state index in [1.807, 2.05) is 0 Å². The molecule has 0 amide bonds. The molecule has 1 rings (SSSR count). The maximum absolute atomic E-state index is 12.8. The Labute approximate surface area is 104 Å². The van der Waals surface area contributed by atoms with Gasteiger partial charge in [0.15, 0.2) is 11.6 Å². The van der Waals surface area contributed by atoms with Gasteiger partial charge in [-0.25, -0.2) is 4.39 Å². The highest BCUT2D eigenvalue weighted by molar-refractivity contribution is 5.85. The van der Waals surface area contributed by atoms with Crippen LogP contribution in [0, 0.1) is 5.82 Å². The average Bonchev–Trinajstić information content (AvgIpc) is 2.19. The van der Waals surface area contributed by atoms with Crippen molar-refractivity contribution in [1.82, 2.24) is 0 Å². The van der Waals surface area contributed by atoms with E-state index in [0.717, 1.165) is 0 Å². The van der Waals surface area contributed by atoms with E-state index in [4.69, 9.17) is 10.8 Å². The number of phenols is 1. The Morgan fingerprint density at radius 1 is 1.11 bits per heavy atom. The molecule has 0 heterocycles. The monoisotopic (exact) mass is 295 g/mol. The average molecular weight is 296 g/mol. The van der Waals surface area contributed by atoms with Crippen LogP contribution < -0.4 is 5.73 Å². The summed E-state index contributed by atoms with van der Waals surface area (Å²) in [5.74, 6) is -7.37. The number of alkyl halides is 5. The third-order valence-corrected chi connectivity index (χ3v) is 2.10. The molecule has 0 aliphatic rings. The van der Waals surface area contributed by atoms with Crippen molar-refractivity contribution in [2.24, 2.45) is 5.73 Å². The molecule has 0 bridgehead atoms. The van der Waals surface area contributed by atoms with Crippen molar-refractivity contribution in [3.63, 3.8) is 0 Å². The normalized spacial score (nSPS) is 13.9. The molecule has 0 spiro atoms. The molecule has 1 aromatic rings. The first-order valence-corrected chi connectivity index (χ1v) is 4.26. The van der Waals surface area contributed by atoms with E-state index in [0.29, 0.717) is 18.2 Å². The predicted molar refractivity (Wildman–Crippen MR) is 53.2 cm³/mol. The van der Waals surface area contributed by atoms with Crippen LogP contribution in [0.2, 0.25) is 0 Å². The van der Waals surface area contributed by atoms with E-state index in [1.54, 1.807) is 0 Å². The molecule has 0 saturated heterocycles. The third kappa shape index (κ3) is 2.99. The summed E-state index contributed by atoms with van der Waals surface area (Å²) in [4.78, 5) is 0. The SMILES string of the molecule is Cl.N[C@@H](c1ccc(O)c(F)c1)C(F)(F)C(F)(F)F. The minimum atomic E-state index is -5.83. The summed E-state index contributed by atoms with van der Waals surface area (Å²) < 4.78 is 74.3. The molecule has 1 aromatic carbocycles. The van der Waals surface area contributed by atoms with E-state index in [9.17, 15) is 26.3 Å². The first kappa shape index (κ1) is 16.9.